The van der Waals surface area contributed by atoms with Crippen LogP contribution >= 0.6 is 7.60 Å². The van der Waals surface area contributed by atoms with E-state index in [0.717, 1.165) is 11.1 Å². The molecule has 0 spiro atoms. The van der Waals surface area contributed by atoms with E-state index in [1.807, 2.05) is 30.3 Å². The number of Topliss-reactive ketones (excluding diaryl/α,β-unsaturated/α-hetero) is 1. The van der Waals surface area contributed by atoms with Gasteiger partial charge in [0, 0.05) is 12.3 Å². The van der Waals surface area contributed by atoms with Crippen LogP contribution in [0.2, 0.25) is 0 Å². The molecule has 1 aromatic carbocycles. The van der Waals surface area contributed by atoms with Crippen LogP contribution in [0.15, 0.2) is 41.2 Å². The zero-order chi connectivity index (χ0) is 16.4. The van der Waals surface area contributed by atoms with Gasteiger partial charge in [-0.15, -0.1) is 0 Å². The number of carbonyl (C=O) groups is 1. The molecule has 0 unspecified atom stereocenters. The lowest BCUT2D eigenvalue weighted by Gasteiger charge is -2.21. The molecule has 0 amide bonds. The smallest absolute Gasteiger partial charge is 0.364 e. The summed E-state index contributed by atoms with van der Waals surface area (Å²) in [5, 5.41) is 0.220. The van der Waals surface area contributed by atoms with E-state index in [2.05, 4.69) is 0 Å². The van der Waals surface area contributed by atoms with E-state index in [1.54, 1.807) is 13.8 Å². The fourth-order valence-corrected chi connectivity index (χ4v) is 5.32. The molecule has 2 aliphatic rings. The van der Waals surface area contributed by atoms with Crippen molar-refractivity contribution in [3.8, 4) is 0 Å². The lowest BCUT2D eigenvalue weighted by molar-refractivity contribution is -0.115. The maximum atomic E-state index is 13.2. The zero-order valence-electron chi connectivity index (χ0n) is 13.4. The van der Waals surface area contributed by atoms with Crippen LogP contribution in [-0.4, -0.2) is 25.6 Å². The SMILES string of the molecule is CCOP(=O)(OCC)C1=C2[C@@H](CO[C@H]2c2ccccc2)CC1=O. The number of rotatable bonds is 6. The molecule has 1 aliphatic carbocycles. The first-order chi connectivity index (χ1) is 11.1. The average molecular weight is 336 g/mol. The highest BCUT2D eigenvalue weighted by Crippen LogP contribution is 2.63. The topological polar surface area (TPSA) is 61.8 Å². The van der Waals surface area contributed by atoms with Crippen LogP contribution in [-0.2, 0) is 23.1 Å². The number of hydrogen-bond acceptors (Lipinski definition) is 5. The summed E-state index contributed by atoms with van der Waals surface area (Å²) in [7, 11) is -3.60. The first-order valence-electron chi connectivity index (χ1n) is 7.94. The lowest BCUT2D eigenvalue weighted by atomic mass is 9.96. The summed E-state index contributed by atoms with van der Waals surface area (Å²) < 4.78 is 29.9. The summed E-state index contributed by atoms with van der Waals surface area (Å²) >= 11 is 0. The van der Waals surface area contributed by atoms with E-state index < -0.39 is 7.60 Å². The monoisotopic (exact) mass is 336 g/mol. The van der Waals surface area contributed by atoms with Crippen LogP contribution in [0.4, 0.5) is 0 Å². The van der Waals surface area contributed by atoms with Crippen molar-refractivity contribution in [2.75, 3.05) is 19.8 Å². The third-order valence-electron chi connectivity index (χ3n) is 4.13. The molecule has 3 rings (SSSR count). The highest BCUT2D eigenvalue weighted by Gasteiger charge is 2.50. The first kappa shape index (κ1) is 16.6. The Bertz CT molecular complexity index is 657. The third kappa shape index (κ3) is 2.94. The molecule has 5 nitrogen and oxygen atoms in total. The van der Waals surface area contributed by atoms with Gasteiger partial charge in [0.1, 0.15) is 11.4 Å². The summed E-state index contributed by atoms with van der Waals surface area (Å²) in [5.41, 5.74) is 1.74. The molecule has 124 valence electrons. The van der Waals surface area contributed by atoms with E-state index in [4.69, 9.17) is 13.8 Å². The van der Waals surface area contributed by atoms with Crippen molar-refractivity contribution < 1.29 is 23.1 Å². The maximum absolute atomic E-state index is 13.2. The van der Waals surface area contributed by atoms with Crippen LogP contribution in [0, 0.1) is 5.92 Å². The highest BCUT2D eigenvalue weighted by molar-refractivity contribution is 7.60. The molecule has 0 bridgehead atoms. The minimum Gasteiger partial charge on any atom is -0.368 e. The highest BCUT2D eigenvalue weighted by atomic mass is 31.2. The van der Waals surface area contributed by atoms with Gasteiger partial charge < -0.3 is 13.8 Å². The van der Waals surface area contributed by atoms with Gasteiger partial charge in [-0.25, -0.2) is 0 Å². The number of carbonyl (C=O) groups excluding carboxylic acids is 1. The van der Waals surface area contributed by atoms with Crippen LogP contribution in [0.5, 0.6) is 0 Å². The number of ether oxygens (including phenoxy) is 1. The summed E-state index contributed by atoms with van der Waals surface area (Å²) in [4.78, 5) is 12.5. The first-order valence-corrected chi connectivity index (χ1v) is 9.48. The van der Waals surface area contributed by atoms with Crippen molar-refractivity contribution in [2.45, 2.75) is 26.4 Å². The standard InChI is InChI=1S/C17H21O5P/c1-3-21-23(19,22-4-2)17-14(18)10-13-11-20-16(15(13)17)12-8-6-5-7-9-12/h5-9,13,16H,3-4,10-11H2,1-2H3/t13-,16+/m1/s1. The number of hydrogen-bond donors (Lipinski definition) is 0. The van der Waals surface area contributed by atoms with Crippen LogP contribution in [0.3, 0.4) is 0 Å². The Kier molecular flexibility index (Phi) is 4.83. The van der Waals surface area contributed by atoms with Crippen molar-refractivity contribution in [1.29, 1.82) is 0 Å². The number of ketones is 1. The molecule has 0 N–H and O–H groups in total. The number of fused-ring (bicyclic) bond motifs is 1. The van der Waals surface area contributed by atoms with Gasteiger partial charge in [0.05, 0.1) is 19.8 Å². The molecular weight excluding hydrogens is 315 g/mol. The Morgan fingerprint density at radius 1 is 1.17 bits per heavy atom. The molecule has 0 saturated carbocycles. The Balaban J connectivity index is 2.09. The van der Waals surface area contributed by atoms with Crippen LogP contribution < -0.4 is 0 Å². The fourth-order valence-electron chi connectivity index (χ4n) is 3.29. The Labute approximate surface area is 136 Å². The average Bonchev–Trinajstić information content (AvgIpc) is 3.06. The minimum absolute atomic E-state index is 0.0306. The largest absolute Gasteiger partial charge is 0.368 e. The minimum atomic E-state index is -3.60. The summed E-state index contributed by atoms with van der Waals surface area (Å²) in [6.45, 7) is 4.40. The molecule has 2 atom stereocenters. The molecule has 1 saturated heterocycles. The molecular formula is C17H21O5P. The normalized spacial score (nSPS) is 24.3. The van der Waals surface area contributed by atoms with Gasteiger partial charge in [-0.1, -0.05) is 30.3 Å². The van der Waals surface area contributed by atoms with Crippen molar-refractivity contribution in [3.05, 3.63) is 46.8 Å². The molecule has 1 fully saturated rings. The second-order valence-corrected chi connectivity index (χ2v) is 7.54. The predicted octanol–water partition coefficient (Wildman–Crippen LogP) is 3.87. The Morgan fingerprint density at radius 3 is 2.43 bits per heavy atom. The van der Waals surface area contributed by atoms with Crippen molar-refractivity contribution in [2.24, 2.45) is 5.92 Å². The van der Waals surface area contributed by atoms with Crippen molar-refractivity contribution in [3.63, 3.8) is 0 Å². The zero-order valence-corrected chi connectivity index (χ0v) is 14.3. The van der Waals surface area contributed by atoms with E-state index in [1.165, 1.54) is 0 Å². The molecule has 0 radical (unpaired) electrons. The second-order valence-electron chi connectivity index (χ2n) is 5.59. The van der Waals surface area contributed by atoms with E-state index in [0.29, 0.717) is 13.0 Å². The predicted molar refractivity (Wildman–Crippen MR) is 86.1 cm³/mol. The Hall–Kier alpha value is -1.26. The van der Waals surface area contributed by atoms with Gasteiger partial charge in [-0.2, -0.15) is 0 Å². The number of allylic oxidation sites excluding steroid dienone is 1. The van der Waals surface area contributed by atoms with E-state index in [-0.39, 0.29) is 36.3 Å². The quantitative estimate of drug-likeness (QED) is 0.738. The molecule has 6 heteroatoms. The number of benzene rings is 1. The van der Waals surface area contributed by atoms with Crippen LogP contribution in [0.1, 0.15) is 31.9 Å². The van der Waals surface area contributed by atoms with Crippen molar-refractivity contribution >= 4 is 13.4 Å². The summed E-state index contributed by atoms with van der Waals surface area (Å²) in [5.74, 6) is -0.170. The van der Waals surface area contributed by atoms with Gasteiger partial charge in [-0.3, -0.25) is 9.36 Å². The molecule has 23 heavy (non-hydrogen) atoms. The fraction of sp³-hybridized carbons (Fsp3) is 0.471. The third-order valence-corrected chi connectivity index (χ3v) is 6.38. The maximum Gasteiger partial charge on any atom is 0.364 e. The molecule has 1 aromatic rings. The second kappa shape index (κ2) is 6.70. The summed E-state index contributed by atoms with van der Waals surface area (Å²) in [6, 6.07) is 9.68. The van der Waals surface area contributed by atoms with Gasteiger partial charge in [0.25, 0.3) is 0 Å². The lowest BCUT2D eigenvalue weighted by Crippen LogP contribution is -2.08. The van der Waals surface area contributed by atoms with E-state index in [9.17, 15) is 9.36 Å². The molecule has 1 aliphatic heterocycles. The van der Waals surface area contributed by atoms with Crippen molar-refractivity contribution in [1.82, 2.24) is 0 Å². The molecule has 1 heterocycles. The molecule has 0 aromatic heterocycles. The Morgan fingerprint density at radius 2 is 1.83 bits per heavy atom. The van der Waals surface area contributed by atoms with Gasteiger partial charge in [0.15, 0.2) is 5.78 Å². The van der Waals surface area contributed by atoms with Crippen LogP contribution in [0.25, 0.3) is 0 Å². The van der Waals surface area contributed by atoms with Gasteiger partial charge in [0.2, 0.25) is 0 Å². The van der Waals surface area contributed by atoms with E-state index >= 15 is 0 Å². The summed E-state index contributed by atoms with van der Waals surface area (Å²) in [6.07, 6.45) is -0.0325. The van der Waals surface area contributed by atoms with Gasteiger partial charge in [-0.05, 0) is 25.0 Å². The van der Waals surface area contributed by atoms with Gasteiger partial charge >= 0.3 is 7.60 Å².